The quantitative estimate of drug-likeness (QED) is 0.188. The molecule has 0 saturated heterocycles. The van der Waals surface area contributed by atoms with Gasteiger partial charge >= 0.3 is 227 Å². The average Bonchev–Trinajstić information content (AvgIpc) is 3.55. The van der Waals surface area contributed by atoms with Crippen molar-refractivity contribution in [2.24, 2.45) is 0 Å². The Labute approximate surface area is 225 Å². The van der Waals surface area contributed by atoms with Crippen molar-refractivity contribution >= 4 is 17.6 Å². The molecule has 4 aromatic rings. The second-order valence-corrected chi connectivity index (χ2v) is 60.8. The Bertz CT molecular complexity index is 1580. The van der Waals surface area contributed by atoms with Crippen LogP contribution in [-0.2, 0) is 17.1 Å². The summed E-state index contributed by atoms with van der Waals surface area (Å²) >= 11 is -3.77. The van der Waals surface area contributed by atoms with E-state index in [2.05, 4.69) is 83.2 Å². The molecule has 0 amide bonds. The van der Waals surface area contributed by atoms with Crippen molar-refractivity contribution in [1.29, 1.82) is 0 Å². The number of allylic oxidation sites excluding steroid dienone is 2. The molecule has 4 heteroatoms. The minimum atomic E-state index is -3.77. The van der Waals surface area contributed by atoms with Crippen molar-refractivity contribution < 1.29 is 25.9 Å². The Morgan fingerprint density at radius 2 is 0.974 bits per heavy atom. The van der Waals surface area contributed by atoms with Crippen LogP contribution in [0.1, 0.15) is 29.6 Å². The number of hydrogen-bond donors (Lipinski definition) is 0. The summed E-state index contributed by atoms with van der Waals surface area (Å²) in [5, 5.41) is 0. The zero-order valence-corrected chi connectivity index (χ0v) is 26.9. The molecule has 0 spiro atoms. The van der Waals surface area contributed by atoms with Gasteiger partial charge in [-0.15, -0.1) is 0 Å². The van der Waals surface area contributed by atoms with Crippen LogP contribution in [-0.4, -0.2) is 5.49 Å². The van der Waals surface area contributed by atoms with Gasteiger partial charge in [-0.05, 0) is 0 Å². The summed E-state index contributed by atoms with van der Waals surface area (Å²) in [4.78, 5) is 0. The Hall–Kier alpha value is -2.69. The fraction of sp³-hybridized carbons (Fsp3) is 0.176. The zero-order chi connectivity index (χ0) is 26.7. The van der Waals surface area contributed by atoms with E-state index in [9.17, 15) is 8.78 Å². The summed E-state index contributed by atoms with van der Waals surface area (Å²) in [6.45, 7) is 5.07. The molecule has 0 aliphatic heterocycles. The van der Waals surface area contributed by atoms with Crippen LogP contribution >= 0.6 is 0 Å². The molecule has 38 heavy (non-hydrogen) atoms. The standard InChI is InChI=1S/2C15H10F.C2H6Si.2CH3.Hf/c2*16-13-9-7-12(8-10-13)15-6-2-4-11-3-1-5-14(11)15;1-3-2;;;/h2*1-10H;1-2H3;2*1H3;. The Morgan fingerprint density at radius 3 is 1.34 bits per heavy atom. The molecule has 0 saturated carbocycles. The van der Waals surface area contributed by atoms with Crippen LogP contribution in [0.4, 0.5) is 8.78 Å². The van der Waals surface area contributed by atoms with E-state index < -0.39 is 22.6 Å². The molecule has 0 heterocycles. The molecule has 2 atom stereocenters. The topological polar surface area (TPSA) is 0 Å². The molecule has 2 aliphatic rings. The molecule has 2 aliphatic carbocycles. The Balaban J connectivity index is 1.50. The van der Waals surface area contributed by atoms with Crippen LogP contribution in [0.5, 0.6) is 0 Å². The van der Waals surface area contributed by atoms with Gasteiger partial charge in [0.05, 0.1) is 0 Å². The van der Waals surface area contributed by atoms with Crippen LogP contribution in [0.25, 0.3) is 34.4 Å². The van der Waals surface area contributed by atoms with Gasteiger partial charge in [0.15, 0.2) is 0 Å². The van der Waals surface area contributed by atoms with E-state index in [1.807, 2.05) is 24.3 Å². The number of fused-ring (bicyclic) bond motifs is 2. The van der Waals surface area contributed by atoms with E-state index >= 15 is 0 Å². The van der Waals surface area contributed by atoms with Gasteiger partial charge in [0.1, 0.15) is 0 Å². The third kappa shape index (κ3) is 3.83. The van der Waals surface area contributed by atoms with E-state index in [0.29, 0.717) is 7.35 Å². The molecular weight excluding hydrogens is 653 g/mol. The zero-order valence-electron chi connectivity index (χ0n) is 22.3. The molecule has 0 radical (unpaired) electrons. The maximum atomic E-state index is 13.7. The van der Waals surface area contributed by atoms with Gasteiger partial charge < -0.3 is 0 Å². The maximum absolute atomic E-state index is 13.7. The van der Waals surface area contributed by atoms with Crippen molar-refractivity contribution in [2.75, 3.05) is 0 Å². The number of rotatable bonds is 4. The first kappa shape index (κ1) is 25.6. The number of halogens is 2. The molecule has 0 nitrogen and oxygen atoms in total. The van der Waals surface area contributed by atoms with Gasteiger partial charge in [0, 0.05) is 0 Å². The van der Waals surface area contributed by atoms with Crippen LogP contribution in [0.15, 0.2) is 97.1 Å². The van der Waals surface area contributed by atoms with Gasteiger partial charge in [0.25, 0.3) is 0 Å². The first-order chi connectivity index (χ1) is 18.2. The van der Waals surface area contributed by atoms with Crippen LogP contribution < -0.4 is 0 Å². The monoisotopic (exact) mass is 686 g/mol. The molecule has 190 valence electrons. The fourth-order valence-electron chi connectivity index (χ4n) is 6.80. The van der Waals surface area contributed by atoms with Crippen molar-refractivity contribution in [3.8, 4) is 22.3 Å². The SMILES string of the molecule is C[Si](C)=[Hf]([CH3])([CH3])([CH]1C=Cc2c(-c3ccc(F)cc3)cccc21)[CH]1C=Cc2c(-c3ccc(F)cc3)cccc21. The summed E-state index contributed by atoms with van der Waals surface area (Å²) in [5.41, 5.74) is 9.29. The van der Waals surface area contributed by atoms with E-state index in [0.717, 1.165) is 11.1 Å². The molecule has 0 fully saturated rings. The summed E-state index contributed by atoms with van der Waals surface area (Å²) in [7, 11) is 0. The third-order valence-electron chi connectivity index (χ3n) is 9.66. The van der Waals surface area contributed by atoms with Crippen molar-refractivity contribution in [1.82, 2.24) is 0 Å². The molecule has 4 aromatic carbocycles. The van der Waals surface area contributed by atoms with Gasteiger partial charge in [-0.1, -0.05) is 0 Å². The second-order valence-electron chi connectivity index (χ2n) is 11.9. The Morgan fingerprint density at radius 1 is 0.579 bits per heavy atom. The van der Waals surface area contributed by atoms with Gasteiger partial charge in [-0.2, -0.15) is 0 Å². The predicted octanol–water partition coefficient (Wildman–Crippen LogP) is 10.2. The summed E-state index contributed by atoms with van der Waals surface area (Å²) < 4.78 is 33.6. The van der Waals surface area contributed by atoms with Crippen LogP contribution in [0, 0.1) is 11.6 Å². The Kier molecular flexibility index (Phi) is 6.19. The van der Waals surface area contributed by atoms with Gasteiger partial charge in [-0.3, -0.25) is 0 Å². The fourth-order valence-corrected chi connectivity index (χ4v) is 40.6. The van der Waals surface area contributed by atoms with E-state index in [-0.39, 0.29) is 11.6 Å². The average molecular weight is 685 g/mol. The molecule has 0 aromatic heterocycles. The summed E-state index contributed by atoms with van der Waals surface area (Å²) in [5.74, 6) is -0.412. The van der Waals surface area contributed by atoms with Gasteiger partial charge in [0.2, 0.25) is 0 Å². The first-order valence-electron chi connectivity index (χ1n) is 13.3. The minimum absolute atomic E-state index is 0.206. The second kappa shape index (κ2) is 9.20. The molecular formula is C34H32F2HfSi. The van der Waals surface area contributed by atoms with Gasteiger partial charge in [-0.25, -0.2) is 0 Å². The summed E-state index contributed by atoms with van der Waals surface area (Å²) in [6, 6.07) is 27.1. The van der Waals surface area contributed by atoms with E-state index in [4.69, 9.17) is 0 Å². The predicted molar refractivity (Wildman–Crippen MR) is 156 cm³/mol. The first-order valence-corrected chi connectivity index (χ1v) is 32.5. The normalized spacial score (nSPS) is 18.0. The molecule has 6 rings (SSSR count). The summed E-state index contributed by atoms with van der Waals surface area (Å²) in [6.07, 6.45) is 9.67. The van der Waals surface area contributed by atoms with E-state index in [1.54, 1.807) is 24.3 Å². The van der Waals surface area contributed by atoms with Crippen molar-refractivity contribution in [3.63, 3.8) is 0 Å². The molecule has 0 N–H and O–H groups in total. The van der Waals surface area contributed by atoms with E-state index in [1.165, 1.54) is 33.4 Å². The number of hydrogen-bond acceptors (Lipinski definition) is 0. The van der Waals surface area contributed by atoms with Crippen molar-refractivity contribution in [2.45, 2.75) is 29.8 Å². The number of benzene rings is 4. The van der Waals surface area contributed by atoms with Crippen molar-refractivity contribution in [3.05, 3.63) is 131 Å². The van der Waals surface area contributed by atoms with Crippen LogP contribution in [0.2, 0.25) is 22.5 Å². The third-order valence-corrected chi connectivity index (χ3v) is 69.3. The molecule has 0 bridgehead atoms. The van der Waals surface area contributed by atoms with Crippen LogP contribution in [0.3, 0.4) is 0 Å². The molecule has 2 unspecified atom stereocenters.